The summed E-state index contributed by atoms with van der Waals surface area (Å²) >= 11 is 10.6. The molecule has 6 heteroatoms. The van der Waals surface area contributed by atoms with E-state index >= 15 is 0 Å². The lowest BCUT2D eigenvalue weighted by atomic mass is 10.3. The summed E-state index contributed by atoms with van der Waals surface area (Å²) in [6.07, 6.45) is 10.3. The highest BCUT2D eigenvalue weighted by atomic mass is 32.1. The molecule has 0 amide bonds. The molecule has 0 unspecified atom stereocenters. The molecule has 0 aliphatic carbocycles. The molecule has 4 nitrogen and oxygen atoms in total. The molecule has 0 aromatic carbocycles. The maximum absolute atomic E-state index is 5.29. The van der Waals surface area contributed by atoms with Gasteiger partial charge in [0.15, 0.2) is 9.54 Å². The largest absolute Gasteiger partial charge is 0.327 e. The first-order chi connectivity index (χ1) is 8.59. The van der Waals surface area contributed by atoms with Crippen molar-refractivity contribution in [3.8, 4) is 0 Å². The van der Waals surface area contributed by atoms with Crippen molar-refractivity contribution < 1.29 is 0 Å². The van der Waals surface area contributed by atoms with Gasteiger partial charge in [0, 0.05) is 52.0 Å². The molecular weight excluding hydrogens is 264 g/mol. The average Bonchev–Trinajstić information content (AvgIpc) is 2.83. The molecule has 2 rings (SSSR count). The standard InChI is InChI=1S/C12H18N4S2/c1-13-7-9-15(11(13)17)5-3-4-6-16-10-8-14(2)12(16)18/h7-10H,3-6H2,1-2H3. The van der Waals surface area contributed by atoms with Crippen molar-refractivity contribution in [2.75, 3.05) is 0 Å². The fourth-order valence-corrected chi connectivity index (χ4v) is 2.35. The summed E-state index contributed by atoms with van der Waals surface area (Å²) < 4.78 is 9.91. The predicted octanol–water partition coefficient (Wildman–Crippen LogP) is 2.91. The van der Waals surface area contributed by atoms with Gasteiger partial charge in [-0.15, -0.1) is 0 Å². The maximum atomic E-state index is 5.29. The van der Waals surface area contributed by atoms with E-state index in [9.17, 15) is 0 Å². The third kappa shape index (κ3) is 2.81. The Hall–Kier alpha value is -1.14. The second kappa shape index (κ2) is 5.67. The lowest BCUT2D eigenvalue weighted by molar-refractivity contribution is 0.541. The van der Waals surface area contributed by atoms with Crippen molar-refractivity contribution >= 4 is 24.4 Å². The molecule has 0 saturated carbocycles. The van der Waals surface area contributed by atoms with Gasteiger partial charge in [0.25, 0.3) is 0 Å². The first-order valence-corrected chi connectivity index (χ1v) is 6.85. The third-order valence-electron chi connectivity index (χ3n) is 3.08. The van der Waals surface area contributed by atoms with E-state index in [0.29, 0.717) is 0 Å². The van der Waals surface area contributed by atoms with Gasteiger partial charge in [-0.2, -0.15) is 0 Å². The molecule has 0 radical (unpaired) electrons. The molecule has 98 valence electrons. The van der Waals surface area contributed by atoms with Crippen molar-refractivity contribution in [3.05, 3.63) is 34.3 Å². The molecule has 2 aromatic heterocycles. The minimum absolute atomic E-state index is 0.881. The van der Waals surface area contributed by atoms with Gasteiger partial charge >= 0.3 is 0 Å². The van der Waals surface area contributed by atoms with Gasteiger partial charge in [-0.25, -0.2) is 0 Å². The average molecular weight is 282 g/mol. The zero-order chi connectivity index (χ0) is 13.1. The van der Waals surface area contributed by atoms with Crippen LogP contribution in [0.5, 0.6) is 0 Å². The van der Waals surface area contributed by atoms with Crippen LogP contribution in [0.1, 0.15) is 12.8 Å². The van der Waals surface area contributed by atoms with Crippen LogP contribution >= 0.6 is 24.4 Å². The van der Waals surface area contributed by atoms with Crippen molar-refractivity contribution in [2.45, 2.75) is 25.9 Å². The Bertz CT molecular complexity index is 573. The molecule has 2 aromatic rings. The number of rotatable bonds is 5. The molecule has 0 bridgehead atoms. The van der Waals surface area contributed by atoms with Gasteiger partial charge in [-0.3, -0.25) is 0 Å². The van der Waals surface area contributed by atoms with E-state index in [1.165, 1.54) is 0 Å². The molecule has 0 aliphatic heterocycles. The summed E-state index contributed by atoms with van der Waals surface area (Å²) in [7, 11) is 3.95. The number of imidazole rings is 2. The van der Waals surface area contributed by atoms with Crippen LogP contribution in [0.4, 0.5) is 0 Å². The van der Waals surface area contributed by atoms with E-state index in [-0.39, 0.29) is 0 Å². The molecular formula is C12H18N4S2. The van der Waals surface area contributed by atoms with Crippen LogP contribution in [0.25, 0.3) is 0 Å². The van der Waals surface area contributed by atoms with Crippen LogP contribution in [0.3, 0.4) is 0 Å². The number of nitrogens with zero attached hydrogens (tertiary/aromatic N) is 4. The molecule has 0 saturated heterocycles. The fourth-order valence-electron chi connectivity index (χ4n) is 1.93. The van der Waals surface area contributed by atoms with E-state index in [1.807, 2.05) is 48.0 Å². The Kier molecular flexibility index (Phi) is 4.19. The first-order valence-electron chi connectivity index (χ1n) is 6.03. The van der Waals surface area contributed by atoms with E-state index in [1.54, 1.807) is 0 Å². The number of hydrogen-bond acceptors (Lipinski definition) is 2. The predicted molar refractivity (Wildman–Crippen MR) is 77.7 cm³/mol. The summed E-state index contributed by atoms with van der Waals surface area (Å²) in [4.78, 5) is 0. The van der Waals surface area contributed by atoms with E-state index in [0.717, 1.165) is 35.5 Å². The SMILES string of the molecule is Cn1ccn(CCCCn2ccn(C)c2=S)c1=S. The second-order valence-electron chi connectivity index (χ2n) is 4.48. The van der Waals surface area contributed by atoms with Gasteiger partial charge in [-0.1, -0.05) is 0 Å². The minimum atomic E-state index is 0.881. The summed E-state index contributed by atoms with van der Waals surface area (Å²) in [6.45, 7) is 1.94. The topological polar surface area (TPSA) is 19.7 Å². The van der Waals surface area contributed by atoms with E-state index in [2.05, 4.69) is 9.13 Å². The number of aryl methyl sites for hydroxylation is 4. The van der Waals surface area contributed by atoms with Crippen LogP contribution in [0.15, 0.2) is 24.8 Å². The van der Waals surface area contributed by atoms with Gasteiger partial charge in [0.1, 0.15) is 0 Å². The molecule has 2 heterocycles. The monoisotopic (exact) mass is 282 g/mol. The Morgan fingerprint density at radius 1 is 0.778 bits per heavy atom. The van der Waals surface area contributed by atoms with Crippen molar-refractivity contribution in [1.82, 2.24) is 18.3 Å². The zero-order valence-electron chi connectivity index (χ0n) is 10.7. The molecule has 0 spiro atoms. The zero-order valence-corrected chi connectivity index (χ0v) is 12.4. The van der Waals surface area contributed by atoms with Crippen LogP contribution in [-0.2, 0) is 27.2 Å². The van der Waals surface area contributed by atoms with E-state index in [4.69, 9.17) is 24.4 Å². The Morgan fingerprint density at radius 3 is 1.44 bits per heavy atom. The van der Waals surface area contributed by atoms with Gasteiger partial charge in [0.2, 0.25) is 0 Å². The molecule has 0 fully saturated rings. The molecule has 0 aliphatic rings. The van der Waals surface area contributed by atoms with Gasteiger partial charge in [-0.05, 0) is 37.3 Å². The summed E-state index contributed by atoms with van der Waals surface area (Å²) in [5, 5.41) is 0. The maximum Gasteiger partial charge on any atom is 0.179 e. The van der Waals surface area contributed by atoms with Gasteiger partial charge in [0.05, 0.1) is 0 Å². The number of aromatic nitrogens is 4. The Labute approximate surface area is 117 Å². The van der Waals surface area contributed by atoms with Crippen LogP contribution < -0.4 is 0 Å². The lowest BCUT2D eigenvalue weighted by Gasteiger charge is -2.04. The molecule has 0 N–H and O–H groups in total. The molecule has 0 atom stereocenters. The van der Waals surface area contributed by atoms with Crippen molar-refractivity contribution in [2.24, 2.45) is 14.1 Å². The third-order valence-corrected chi connectivity index (χ3v) is 4.13. The summed E-state index contributed by atoms with van der Waals surface area (Å²) in [5.74, 6) is 0. The highest BCUT2D eigenvalue weighted by Crippen LogP contribution is 2.03. The van der Waals surface area contributed by atoms with Crippen LogP contribution in [0.2, 0.25) is 0 Å². The highest BCUT2D eigenvalue weighted by molar-refractivity contribution is 7.71. The molecule has 18 heavy (non-hydrogen) atoms. The lowest BCUT2D eigenvalue weighted by Crippen LogP contribution is -2.02. The number of unbranched alkanes of at least 4 members (excludes halogenated alkanes) is 1. The normalized spacial score (nSPS) is 11.0. The Balaban J connectivity index is 1.83. The van der Waals surface area contributed by atoms with Crippen LogP contribution in [0, 0.1) is 9.54 Å². The summed E-state index contributed by atoms with van der Waals surface area (Å²) in [6, 6.07) is 0. The first kappa shape index (κ1) is 13.3. The Morgan fingerprint density at radius 2 is 1.17 bits per heavy atom. The van der Waals surface area contributed by atoms with Crippen LogP contribution in [-0.4, -0.2) is 18.3 Å². The summed E-state index contributed by atoms with van der Waals surface area (Å²) in [5.41, 5.74) is 0. The highest BCUT2D eigenvalue weighted by Gasteiger charge is 1.98. The van der Waals surface area contributed by atoms with E-state index < -0.39 is 0 Å². The van der Waals surface area contributed by atoms with Gasteiger partial charge < -0.3 is 18.3 Å². The second-order valence-corrected chi connectivity index (χ2v) is 5.21. The fraction of sp³-hybridized carbons (Fsp3) is 0.500. The van der Waals surface area contributed by atoms with Crippen molar-refractivity contribution in [3.63, 3.8) is 0 Å². The number of hydrogen-bond donors (Lipinski definition) is 0. The minimum Gasteiger partial charge on any atom is -0.327 e. The van der Waals surface area contributed by atoms with Crippen molar-refractivity contribution in [1.29, 1.82) is 0 Å². The smallest absolute Gasteiger partial charge is 0.179 e. The quantitative estimate of drug-likeness (QED) is 0.620.